The lowest BCUT2D eigenvalue weighted by atomic mass is 9.69. The van der Waals surface area contributed by atoms with Crippen LogP contribution >= 0.6 is 0 Å². The molecule has 116 valence electrons. The second-order valence-corrected chi connectivity index (χ2v) is 5.57. The van der Waals surface area contributed by atoms with Crippen LogP contribution in [0.2, 0.25) is 0 Å². The Morgan fingerprint density at radius 3 is 2.14 bits per heavy atom. The first-order valence-electron chi connectivity index (χ1n) is 7.41. The maximum absolute atomic E-state index is 12.1. The summed E-state index contributed by atoms with van der Waals surface area (Å²) < 4.78 is 10.1. The monoisotopic (exact) mass is 296 g/mol. The number of Topliss-reactive ketones (excluding diaryl/α,β-unsaturated/α-hetero) is 2. The quantitative estimate of drug-likeness (QED) is 0.540. The van der Waals surface area contributed by atoms with E-state index in [1.165, 1.54) is 0 Å². The third-order valence-corrected chi connectivity index (χ3v) is 4.30. The maximum Gasteiger partial charge on any atom is 0.323 e. The number of carbonyl (C=O) groups excluding carboxylic acids is 4. The number of ether oxygens (including phenoxy) is 2. The van der Waals surface area contributed by atoms with Crippen LogP contribution in [0, 0.1) is 11.3 Å². The van der Waals surface area contributed by atoms with Gasteiger partial charge < -0.3 is 9.47 Å². The molecule has 2 aliphatic carbocycles. The van der Waals surface area contributed by atoms with Gasteiger partial charge in [-0.1, -0.05) is 0 Å². The van der Waals surface area contributed by atoms with Gasteiger partial charge in [-0.3, -0.25) is 19.2 Å². The molecule has 2 aliphatic rings. The van der Waals surface area contributed by atoms with Crippen LogP contribution in [-0.4, -0.2) is 36.7 Å². The van der Waals surface area contributed by atoms with Gasteiger partial charge in [0.1, 0.15) is 11.6 Å². The molecule has 2 saturated carbocycles. The second-order valence-electron chi connectivity index (χ2n) is 5.57. The van der Waals surface area contributed by atoms with Gasteiger partial charge in [0.25, 0.3) is 0 Å². The molecule has 0 saturated heterocycles. The molecule has 0 radical (unpaired) electrons. The van der Waals surface area contributed by atoms with Crippen molar-refractivity contribution in [2.24, 2.45) is 11.3 Å². The lowest BCUT2D eigenvalue weighted by Crippen LogP contribution is -2.47. The molecule has 21 heavy (non-hydrogen) atoms. The predicted molar refractivity (Wildman–Crippen MR) is 71.2 cm³/mol. The van der Waals surface area contributed by atoms with Crippen LogP contribution in [0.15, 0.2) is 0 Å². The number of rotatable bonds is 6. The molecule has 0 aromatic heterocycles. The standard InChI is InChI=1S/C15H20O6/c1-2-20-13(18)15(7-3-8-15)14(19)21-9-6-10-11(16)4-5-12(10)17/h10H,2-9H2,1H3. The van der Waals surface area contributed by atoms with Crippen LogP contribution < -0.4 is 0 Å². The summed E-state index contributed by atoms with van der Waals surface area (Å²) in [6.07, 6.45) is 2.43. The van der Waals surface area contributed by atoms with E-state index in [9.17, 15) is 19.2 Å². The summed E-state index contributed by atoms with van der Waals surface area (Å²) in [7, 11) is 0. The van der Waals surface area contributed by atoms with Gasteiger partial charge in [0, 0.05) is 12.8 Å². The molecule has 0 aromatic carbocycles. The summed E-state index contributed by atoms with van der Waals surface area (Å²) in [6.45, 7) is 1.90. The van der Waals surface area contributed by atoms with E-state index >= 15 is 0 Å². The SMILES string of the molecule is CCOC(=O)C1(C(=O)OCCC2C(=O)CCC2=O)CCC1. The van der Waals surface area contributed by atoms with E-state index in [1.54, 1.807) is 6.92 Å². The van der Waals surface area contributed by atoms with Gasteiger partial charge in [-0.2, -0.15) is 0 Å². The molecular formula is C15H20O6. The van der Waals surface area contributed by atoms with Crippen molar-refractivity contribution in [3.05, 3.63) is 0 Å². The molecular weight excluding hydrogens is 276 g/mol. The van der Waals surface area contributed by atoms with E-state index in [-0.39, 0.29) is 44.0 Å². The highest BCUT2D eigenvalue weighted by molar-refractivity contribution is 6.08. The average molecular weight is 296 g/mol. The Hall–Kier alpha value is -1.72. The second kappa shape index (κ2) is 6.37. The lowest BCUT2D eigenvalue weighted by Gasteiger charge is -2.36. The van der Waals surface area contributed by atoms with Crippen LogP contribution in [0.3, 0.4) is 0 Å². The predicted octanol–water partition coefficient (Wildman–Crippen LogP) is 1.20. The molecule has 0 bridgehead atoms. The normalized spacial score (nSPS) is 21.0. The summed E-state index contributed by atoms with van der Waals surface area (Å²) in [5.74, 6) is -1.93. The van der Waals surface area contributed by atoms with Gasteiger partial charge in [0.15, 0.2) is 5.41 Å². The van der Waals surface area contributed by atoms with Crippen molar-refractivity contribution in [2.75, 3.05) is 13.2 Å². The molecule has 2 fully saturated rings. The van der Waals surface area contributed by atoms with Gasteiger partial charge >= 0.3 is 11.9 Å². The number of ketones is 2. The minimum atomic E-state index is -1.17. The average Bonchev–Trinajstić information content (AvgIpc) is 2.69. The minimum Gasteiger partial charge on any atom is -0.465 e. The molecule has 0 amide bonds. The Labute approximate surface area is 123 Å². The molecule has 0 heterocycles. The fourth-order valence-corrected chi connectivity index (χ4v) is 2.80. The molecule has 0 N–H and O–H groups in total. The molecule has 0 unspecified atom stereocenters. The van der Waals surface area contributed by atoms with Crippen molar-refractivity contribution in [1.82, 2.24) is 0 Å². The molecule has 6 nitrogen and oxygen atoms in total. The molecule has 0 aromatic rings. The van der Waals surface area contributed by atoms with E-state index in [4.69, 9.17) is 9.47 Å². The number of esters is 2. The summed E-state index contributed by atoms with van der Waals surface area (Å²) >= 11 is 0. The summed E-state index contributed by atoms with van der Waals surface area (Å²) in [5, 5.41) is 0. The minimum absolute atomic E-state index is 0.0118. The molecule has 0 atom stereocenters. The van der Waals surface area contributed by atoms with Crippen molar-refractivity contribution in [3.8, 4) is 0 Å². The van der Waals surface area contributed by atoms with Gasteiger partial charge in [0.2, 0.25) is 0 Å². The number of hydrogen-bond acceptors (Lipinski definition) is 6. The van der Waals surface area contributed by atoms with E-state index in [0.29, 0.717) is 12.8 Å². The fourth-order valence-electron chi connectivity index (χ4n) is 2.80. The Bertz CT molecular complexity index is 447. The summed E-state index contributed by atoms with van der Waals surface area (Å²) in [6, 6.07) is 0. The van der Waals surface area contributed by atoms with Crippen LogP contribution in [0.4, 0.5) is 0 Å². The van der Waals surface area contributed by atoms with Gasteiger partial charge in [-0.25, -0.2) is 0 Å². The zero-order valence-electron chi connectivity index (χ0n) is 12.2. The van der Waals surface area contributed by atoms with Crippen molar-refractivity contribution < 1.29 is 28.7 Å². The first kappa shape index (κ1) is 15.7. The Kier molecular flexibility index (Phi) is 4.75. The lowest BCUT2D eigenvalue weighted by molar-refractivity contribution is -0.179. The van der Waals surface area contributed by atoms with Gasteiger partial charge in [0.05, 0.1) is 19.1 Å². The maximum atomic E-state index is 12.1. The van der Waals surface area contributed by atoms with Crippen molar-refractivity contribution in [2.45, 2.75) is 45.4 Å². The van der Waals surface area contributed by atoms with Crippen molar-refractivity contribution in [1.29, 1.82) is 0 Å². The van der Waals surface area contributed by atoms with E-state index < -0.39 is 23.3 Å². The topological polar surface area (TPSA) is 86.7 Å². The first-order valence-corrected chi connectivity index (χ1v) is 7.41. The van der Waals surface area contributed by atoms with Crippen LogP contribution in [-0.2, 0) is 28.7 Å². The number of hydrogen-bond donors (Lipinski definition) is 0. The Morgan fingerprint density at radius 1 is 1.10 bits per heavy atom. The molecule has 0 aliphatic heterocycles. The molecule has 6 heteroatoms. The molecule has 0 spiro atoms. The van der Waals surface area contributed by atoms with Crippen molar-refractivity contribution >= 4 is 23.5 Å². The van der Waals surface area contributed by atoms with Gasteiger partial charge in [-0.05, 0) is 32.6 Å². The highest BCUT2D eigenvalue weighted by Crippen LogP contribution is 2.43. The highest BCUT2D eigenvalue weighted by atomic mass is 16.6. The fraction of sp³-hybridized carbons (Fsp3) is 0.733. The zero-order valence-corrected chi connectivity index (χ0v) is 12.2. The Balaban J connectivity index is 1.85. The summed E-state index contributed by atoms with van der Waals surface area (Å²) in [4.78, 5) is 47.0. The van der Waals surface area contributed by atoms with Crippen LogP contribution in [0.1, 0.15) is 45.4 Å². The van der Waals surface area contributed by atoms with E-state index in [1.807, 2.05) is 0 Å². The summed E-state index contributed by atoms with van der Waals surface area (Å²) in [5.41, 5.74) is -1.17. The van der Waals surface area contributed by atoms with Crippen LogP contribution in [0.5, 0.6) is 0 Å². The van der Waals surface area contributed by atoms with E-state index in [0.717, 1.165) is 6.42 Å². The highest BCUT2D eigenvalue weighted by Gasteiger charge is 2.53. The smallest absolute Gasteiger partial charge is 0.323 e. The Morgan fingerprint density at radius 2 is 1.67 bits per heavy atom. The zero-order chi connectivity index (χ0) is 15.5. The third-order valence-electron chi connectivity index (χ3n) is 4.30. The third kappa shape index (κ3) is 2.99. The molecule has 2 rings (SSSR count). The number of carbonyl (C=O) groups is 4. The van der Waals surface area contributed by atoms with Crippen LogP contribution in [0.25, 0.3) is 0 Å². The van der Waals surface area contributed by atoms with Crippen molar-refractivity contribution in [3.63, 3.8) is 0 Å². The van der Waals surface area contributed by atoms with E-state index in [2.05, 4.69) is 0 Å². The largest absolute Gasteiger partial charge is 0.465 e. The van der Waals surface area contributed by atoms with Gasteiger partial charge in [-0.15, -0.1) is 0 Å². The first-order chi connectivity index (χ1) is 10.0.